The van der Waals surface area contributed by atoms with Crippen molar-refractivity contribution in [2.75, 3.05) is 6.61 Å². The van der Waals surface area contributed by atoms with Crippen LogP contribution in [0.15, 0.2) is 108 Å². The average molecular weight is 527 g/mol. The Balaban J connectivity index is 1.57. The molecule has 7 heteroatoms. The molecule has 0 spiro atoms. The minimum absolute atomic E-state index is 0.130. The number of rotatable bonds is 5. The molecule has 0 radical (unpaired) electrons. The van der Waals surface area contributed by atoms with Gasteiger partial charge >= 0.3 is 11.7 Å². The van der Waals surface area contributed by atoms with Crippen LogP contribution in [0.1, 0.15) is 17.4 Å². The molecule has 196 valence electrons. The van der Waals surface area contributed by atoms with Crippen LogP contribution in [0.2, 0.25) is 0 Å². The summed E-state index contributed by atoms with van der Waals surface area (Å²) in [5.41, 5.74) is 4.57. The third-order valence-electron chi connectivity index (χ3n) is 7.49. The summed E-state index contributed by atoms with van der Waals surface area (Å²) < 4.78 is 11.1. The Labute approximate surface area is 229 Å². The van der Waals surface area contributed by atoms with Crippen molar-refractivity contribution in [3.63, 3.8) is 0 Å². The maximum absolute atomic E-state index is 13.8. The average Bonchev–Trinajstić information content (AvgIpc) is 3.63. The van der Waals surface area contributed by atoms with Gasteiger partial charge in [0.1, 0.15) is 0 Å². The van der Waals surface area contributed by atoms with Crippen molar-refractivity contribution in [2.24, 2.45) is 7.05 Å². The number of carbonyl (C=O) groups is 1. The first-order valence-corrected chi connectivity index (χ1v) is 13.2. The molecule has 0 aliphatic carbocycles. The van der Waals surface area contributed by atoms with E-state index < -0.39 is 11.7 Å². The first-order chi connectivity index (χ1) is 19.6. The molecule has 0 saturated carbocycles. The molecule has 3 aromatic heterocycles. The van der Waals surface area contributed by atoms with E-state index in [2.05, 4.69) is 33.8 Å². The number of ether oxygens (including phenoxy) is 1. The first-order valence-electron chi connectivity index (χ1n) is 13.2. The van der Waals surface area contributed by atoms with Crippen molar-refractivity contribution < 1.29 is 9.53 Å². The van der Waals surface area contributed by atoms with Gasteiger partial charge in [-0.2, -0.15) is 0 Å². The Morgan fingerprint density at radius 3 is 2.25 bits per heavy atom. The number of benzene rings is 4. The van der Waals surface area contributed by atoms with Crippen LogP contribution in [0.3, 0.4) is 0 Å². The summed E-state index contributed by atoms with van der Waals surface area (Å²) in [4.78, 5) is 29.8. The van der Waals surface area contributed by atoms with Gasteiger partial charge in [0.05, 0.1) is 29.2 Å². The molecule has 7 rings (SSSR count). The van der Waals surface area contributed by atoms with Gasteiger partial charge in [-0.15, -0.1) is 0 Å². The van der Waals surface area contributed by atoms with E-state index in [0.29, 0.717) is 11.4 Å². The lowest BCUT2D eigenvalue weighted by atomic mass is 10.1. The highest BCUT2D eigenvalue weighted by molar-refractivity contribution is 6.03. The largest absolute Gasteiger partial charge is 0.461 e. The normalized spacial score (nSPS) is 11.6. The monoisotopic (exact) mass is 526 g/mol. The fourth-order valence-corrected chi connectivity index (χ4v) is 5.76. The van der Waals surface area contributed by atoms with Gasteiger partial charge in [0.15, 0.2) is 5.69 Å². The molecule has 3 heterocycles. The van der Waals surface area contributed by atoms with Crippen LogP contribution in [-0.2, 0) is 11.8 Å². The number of aryl methyl sites for hydroxylation is 1. The summed E-state index contributed by atoms with van der Waals surface area (Å²) >= 11 is 0. The lowest BCUT2D eigenvalue weighted by Crippen LogP contribution is -2.15. The van der Waals surface area contributed by atoms with E-state index in [1.807, 2.05) is 90.7 Å². The van der Waals surface area contributed by atoms with Crippen molar-refractivity contribution in [2.45, 2.75) is 6.92 Å². The highest BCUT2D eigenvalue weighted by Gasteiger charge is 2.27. The summed E-state index contributed by atoms with van der Waals surface area (Å²) in [6.45, 7) is 1.95. The quantitative estimate of drug-likeness (QED) is 0.257. The number of H-pyrrole nitrogens is 1. The molecule has 4 aromatic carbocycles. The van der Waals surface area contributed by atoms with E-state index in [9.17, 15) is 9.59 Å². The molecule has 0 fully saturated rings. The van der Waals surface area contributed by atoms with Crippen molar-refractivity contribution >= 4 is 38.5 Å². The van der Waals surface area contributed by atoms with E-state index in [1.54, 1.807) is 11.5 Å². The van der Waals surface area contributed by atoms with Crippen molar-refractivity contribution in [1.29, 1.82) is 0 Å². The maximum Gasteiger partial charge on any atom is 0.357 e. The third-order valence-corrected chi connectivity index (χ3v) is 7.49. The number of nitrogens with one attached hydrogen (secondary N) is 1. The molecule has 0 saturated heterocycles. The number of imidazole rings is 1. The second kappa shape index (κ2) is 9.17. The summed E-state index contributed by atoms with van der Waals surface area (Å²) in [7, 11) is 1.96. The lowest BCUT2D eigenvalue weighted by Gasteiger charge is -2.10. The number of aromatic amines is 1. The summed E-state index contributed by atoms with van der Waals surface area (Å²) in [5.74, 6) is -0.570. The number of para-hydroxylation sites is 2. The first kappa shape index (κ1) is 23.8. The summed E-state index contributed by atoms with van der Waals surface area (Å²) in [6, 6.07) is 30.4. The Morgan fingerprint density at radius 2 is 1.45 bits per heavy atom. The van der Waals surface area contributed by atoms with Crippen molar-refractivity contribution in [1.82, 2.24) is 18.7 Å². The predicted molar refractivity (Wildman–Crippen MR) is 159 cm³/mol. The highest BCUT2D eigenvalue weighted by atomic mass is 16.5. The van der Waals surface area contributed by atoms with Crippen LogP contribution >= 0.6 is 0 Å². The van der Waals surface area contributed by atoms with Crippen molar-refractivity contribution in [3.05, 3.63) is 120 Å². The zero-order chi connectivity index (χ0) is 27.4. The van der Waals surface area contributed by atoms with Gasteiger partial charge in [-0.1, -0.05) is 72.8 Å². The lowest BCUT2D eigenvalue weighted by molar-refractivity contribution is 0.0521. The summed E-state index contributed by atoms with van der Waals surface area (Å²) in [5, 5.41) is 4.04. The standard InChI is InChI=1S/C33H26N4O3/c1-3-40-32(38)30-31(25-19-35(2)26-16-8-6-14-23(25)26)37(33(39)34-30)29-20-36(28-17-9-7-15-24(28)29)27-18-10-12-21-11-4-5-13-22(21)27/h4-20H,3H2,1-2H3,(H,34,39). The topological polar surface area (TPSA) is 74.0 Å². The number of hydrogen-bond donors (Lipinski definition) is 1. The molecule has 0 atom stereocenters. The molecule has 0 unspecified atom stereocenters. The van der Waals surface area contributed by atoms with Gasteiger partial charge in [0, 0.05) is 46.7 Å². The molecule has 7 aromatic rings. The molecule has 1 N–H and O–H groups in total. The Kier molecular flexibility index (Phi) is 5.45. The van der Waals surface area contributed by atoms with E-state index in [1.165, 1.54) is 0 Å². The van der Waals surface area contributed by atoms with Gasteiger partial charge < -0.3 is 13.9 Å². The van der Waals surface area contributed by atoms with Crippen LogP contribution in [0.4, 0.5) is 0 Å². The minimum Gasteiger partial charge on any atom is -0.461 e. The second-order valence-corrected chi connectivity index (χ2v) is 9.78. The van der Waals surface area contributed by atoms with Gasteiger partial charge in [-0.05, 0) is 30.5 Å². The molecule has 40 heavy (non-hydrogen) atoms. The SMILES string of the molecule is CCOC(=O)c1[nH]c(=O)n(-c2cn(-c3cccc4ccccc34)c3ccccc23)c1-c1cn(C)c2ccccc12. The third kappa shape index (κ3) is 3.51. The molecule has 0 amide bonds. The fraction of sp³-hybridized carbons (Fsp3) is 0.0909. The molecular formula is C33H26N4O3. The van der Waals surface area contributed by atoms with Gasteiger partial charge in [-0.3, -0.25) is 9.55 Å². The van der Waals surface area contributed by atoms with E-state index in [-0.39, 0.29) is 12.3 Å². The molecule has 0 aliphatic rings. The number of fused-ring (bicyclic) bond motifs is 3. The van der Waals surface area contributed by atoms with Crippen LogP contribution in [0.5, 0.6) is 0 Å². The number of carbonyl (C=O) groups excluding carboxylic acids is 1. The molecule has 0 bridgehead atoms. The minimum atomic E-state index is -0.570. The van der Waals surface area contributed by atoms with Crippen molar-refractivity contribution in [3.8, 4) is 22.6 Å². The number of aromatic nitrogens is 4. The van der Waals surface area contributed by atoms with Crippen LogP contribution in [0.25, 0.3) is 55.2 Å². The Hall–Kier alpha value is -5.30. The van der Waals surface area contributed by atoms with Crippen LogP contribution in [0, 0.1) is 0 Å². The van der Waals surface area contributed by atoms with Gasteiger partial charge in [-0.25, -0.2) is 9.59 Å². The van der Waals surface area contributed by atoms with E-state index >= 15 is 0 Å². The zero-order valence-corrected chi connectivity index (χ0v) is 22.1. The molecular weight excluding hydrogens is 500 g/mol. The summed E-state index contributed by atoms with van der Waals surface area (Å²) in [6.07, 6.45) is 3.93. The van der Waals surface area contributed by atoms with Crippen LogP contribution < -0.4 is 5.69 Å². The molecule has 7 nitrogen and oxygen atoms in total. The van der Waals surface area contributed by atoms with Gasteiger partial charge in [0.25, 0.3) is 0 Å². The van der Waals surface area contributed by atoms with E-state index in [0.717, 1.165) is 43.8 Å². The number of esters is 1. The Bertz CT molecular complexity index is 2140. The zero-order valence-electron chi connectivity index (χ0n) is 22.1. The second-order valence-electron chi connectivity index (χ2n) is 9.78. The maximum atomic E-state index is 13.8. The Morgan fingerprint density at radius 1 is 0.775 bits per heavy atom. The highest BCUT2D eigenvalue weighted by Crippen LogP contribution is 2.36. The van der Waals surface area contributed by atoms with E-state index in [4.69, 9.17) is 4.74 Å². The fourth-order valence-electron chi connectivity index (χ4n) is 5.76. The predicted octanol–water partition coefficient (Wildman–Crippen LogP) is 6.60. The van der Waals surface area contributed by atoms with Gasteiger partial charge in [0.2, 0.25) is 0 Å². The van der Waals surface area contributed by atoms with Crippen LogP contribution in [-0.4, -0.2) is 31.3 Å². The molecule has 0 aliphatic heterocycles. The number of nitrogens with zero attached hydrogens (tertiary/aromatic N) is 3. The number of hydrogen-bond acceptors (Lipinski definition) is 3. The smallest absolute Gasteiger partial charge is 0.357 e.